The van der Waals surface area contributed by atoms with E-state index in [0.717, 1.165) is 49.6 Å². The van der Waals surface area contributed by atoms with Crippen molar-refractivity contribution >= 4 is 40.6 Å². The molecule has 0 spiro atoms. The molecule has 0 bridgehead atoms. The Morgan fingerprint density at radius 1 is 1.36 bits per heavy atom. The molecule has 1 aromatic heterocycles. The molecule has 1 amide bonds. The van der Waals surface area contributed by atoms with E-state index in [2.05, 4.69) is 20.5 Å². The van der Waals surface area contributed by atoms with Crippen LogP contribution >= 0.6 is 23.2 Å². The summed E-state index contributed by atoms with van der Waals surface area (Å²) in [6.07, 6.45) is 3.75. The van der Waals surface area contributed by atoms with Gasteiger partial charge in [-0.05, 0) is 42.7 Å². The highest BCUT2D eigenvalue weighted by atomic mass is 35.5. The lowest BCUT2D eigenvalue weighted by atomic mass is 10.1. The molecule has 2 aromatic rings. The van der Waals surface area contributed by atoms with Gasteiger partial charge in [-0.2, -0.15) is 0 Å². The molecule has 4 rings (SSSR count). The summed E-state index contributed by atoms with van der Waals surface area (Å²) in [6.45, 7) is 3.43. The summed E-state index contributed by atoms with van der Waals surface area (Å²) in [5.74, 6) is 0.622. The van der Waals surface area contributed by atoms with Gasteiger partial charge in [-0.1, -0.05) is 23.2 Å². The summed E-state index contributed by atoms with van der Waals surface area (Å²) in [5, 5.41) is 7.55. The Morgan fingerprint density at radius 2 is 2.25 bits per heavy atom. The molecule has 0 aliphatic carbocycles. The smallest absolute Gasteiger partial charge is 0.253 e. The average molecular weight is 421 g/mol. The fraction of sp³-hybridized carbons (Fsp3) is 0.400. The zero-order chi connectivity index (χ0) is 19.5. The molecule has 3 heterocycles. The molecule has 2 N–H and O–H groups in total. The number of fused-ring (bicyclic) bond motifs is 1. The largest absolute Gasteiger partial charge is 0.376 e. The van der Waals surface area contributed by atoms with Crippen LogP contribution in [0.25, 0.3) is 0 Å². The second-order valence-electron chi connectivity index (χ2n) is 7.02. The molecular formula is C20H22Cl2N4O2. The van der Waals surface area contributed by atoms with E-state index in [0.29, 0.717) is 28.7 Å². The highest BCUT2D eigenvalue weighted by Crippen LogP contribution is 2.31. The predicted molar refractivity (Wildman–Crippen MR) is 112 cm³/mol. The normalized spacial score (nSPS) is 18.5. The number of rotatable bonds is 5. The lowest BCUT2D eigenvalue weighted by molar-refractivity contribution is 0.0857. The number of pyridine rings is 1. The minimum absolute atomic E-state index is 0.109. The number of benzene rings is 1. The summed E-state index contributed by atoms with van der Waals surface area (Å²) in [7, 11) is 0. The number of hydrogen-bond acceptors (Lipinski definition) is 5. The third-order valence-electron chi connectivity index (χ3n) is 5.03. The molecule has 8 heteroatoms. The van der Waals surface area contributed by atoms with Gasteiger partial charge in [-0.3, -0.25) is 4.79 Å². The van der Waals surface area contributed by atoms with Crippen LogP contribution in [-0.4, -0.2) is 43.2 Å². The molecule has 6 nitrogen and oxygen atoms in total. The second kappa shape index (κ2) is 8.55. The third-order valence-corrected chi connectivity index (χ3v) is 5.63. The first-order chi connectivity index (χ1) is 13.6. The van der Waals surface area contributed by atoms with E-state index >= 15 is 0 Å². The van der Waals surface area contributed by atoms with Gasteiger partial charge in [-0.15, -0.1) is 0 Å². The van der Waals surface area contributed by atoms with Crippen molar-refractivity contribution in [1.82, 2.24) is 10.3 Å². The van der Waals surface area contributed by atoms with Crippen molar-refractivity contribution in [2.24, 2.45) is 0 Å². The van der Waals surface area contributed by atoms with Crippen molar-refractivity contribution in [2.45, 2.75) is 25.5 Å². The van der Waals surface area contributed by atoms with Crippen molar-refractivity contribution in [3.63, 3.8) is 0 Å². The second-order valence-corrected chi connectivity index (χ2v) is 7.86. The number of amides is 1. The molecule has 28 heavy (non-hydrogen) atoms. The lowest BCUT2D eigenvalue weighted by Gasteiger charge is -2.32. The highest BCUT2D eigenvalue weighted by Gasteiger charge is 2.22. The van der Waals surface area contributed by atoms with Crippen molar-refractivity contribution < 1.29 is 9.53 Å². The van der Waals surface area contributed by atoms with Crippen LogP contribution in [0.1, 0.15) is 28.8 Å². The number of nitrogens with zero attached hydrogens (tertiary/aromatic N) is 2. The van der Waals surface area contributed by atoms with Crippen molar-refractivity contribution in [3.05, 3.63) is 51.6 Å². The minimum atomic E-state index is -0.142. The van der Waals surface area contributed by atoms with Crippen LogP contribution in [0.15, 0.2) is 30.5 Å². The maximum atomic E-state index is 12.6. The lowest BCUT2D eigenvalue weighted by Crippen LogP contribution is -2.35. The first-order valence-corrected chi connectivity index (χ1v) is 10.2. The van der Waals surface area contributed by atoms with Gasteiger partial charge in [0.25, 0.3) is 5.91 Å². The van der Waals surface area contributed by atoms with E-state index in [1.54, 1.807) is 18.3 Å². The number of carbonyl (C=O) groups excluding carboxylic acids is 1. The molecule has 1 unspecified atom stereocenters. The Balaban J connectivity index is 1.51. The molecule has 0 saturated carbocycles. The molecular weight excluding hydrogens is 399 g/mol. The Morgan fingerprint density at radius 3 is 3.07 bits per heavy atom. The van der Waals surface area contributed by atoms with Gasteiger partial charge in [0.15, 0.2) is 0 Å². The number of carbonyl (C=O) groups is 1. The summed E-state index contributed by atoms with van der Waals surface area (Å²) in [4.78, 5) is 19.2. The molecule has 2 aliphatic heterocycles. The number of hydrogen-bond donors (Lipinski definition) is 2. The molecule has 1 fully saturated rings. The van der Waals surface area contributed by atoms with Gasteiger partial charge in [0.2, 0.25) is 0 Å². The van der Waals surface area contributed by atoms with E-state index in [1.165, 1.54) is 0 Å². The topological polar surface area (TPSA) is 66.5 Å². The van der Waals surface area contributed by atoms with Crippen LogP contribution in [0, 0.1) is 0 Å². The molecule has 0 radical (unpaired) electrons. The van der Waals surface area contributed by atoms with Crippen LogP contribution < -0.4 is 15.5 Å². The maximum Gasteiger partial charge on any atom is 0.253 e. The van der Waals surface area contributed by atoms with Gasteiger partial charge >= 0.3 is 0 Å². The maximum absolute atomic E-state index is 12.6. The molecule has 1 aromatic carbocycles. The molecule has 148 valence electrons. The van der Waals surface area contributed by atoms with Crippen LogP contribution in [0.5, 0.6) is 0 Å². The quantitative estimate of drug-likeness (QED) is 0.770. The van der Waals surface area contributed by atoms with Gasteiger partial charge < -0.3 is 20.3 Å². The predicted octanol–water partition coefficient (Wildman–Crippen LogP) is 3.73. The number of ether oxygens (including phenoxy) is 1. The number of aromatic nitrogens is 1. The van der Waals surface area contributed by atoms with E-state index in [-0.39, 0.29) is 12.0 Å². The first kappa shape index (κ1) is 19.3. The standard InChI is InChI=1S/C20H22Cl2N4O2/c21-15-3-4-17(22)14(8-15)12-26-6-5-23-19-18(26)9-13(10-24-19)20(27)25-11-16-2-1-7-28-16/h3-4,8-10,16H,1-2,5-7,11-12H2,(H,23,24)(H,25,27). The Labute approximate surface area is 174 Å². The number of anilines is 2. The Kier molecular flexibility index (Phi) is 5.90. The van der Waals surface area contributed by atoms with Crippen molar-refractivity contribution in [2.75, 3.05) is 36.5 Å². The zero-order valence-electron chi connectivity index (χ0n) is 15.4. The summed E-state index contributed by atoms with van der Waals surface area (Å²) >= 11 is 12.5. The van der Waals surface area contributed by atoms with Gasteiger partial charge in [0.1, 0.15) is 5.82 Å². The van der Waals surface area contributed by atoms with E-state index in [4.69, 9.17) is 27.9 Å². The molecule has 1 atom stereocenters. The summed E-state index contributed by atoms with van der Waals surface area (Å²) < 4.78 is 5.56. The van der Waals surface area contributed by atoms with Gasteiger partial charge in [-0.25, -0.2) is 4.98 Å². The number of nitrogens with one attached hydrogen (secondary N) is 2. The Bertz CT molecular complexity index is 871. The third kappa shape index (κ3) is 4.35. The fourth-order valence-electron chi connectivity index (χ4n) is 3.53. The summed E-state index contributed by atoms with van der Waals surface area (Å²) in [6, 6.07) is 7.32. The van der Waals surface area contributed by atoms with Crippen LogP contribution in [0.2, 0.25) is 10.0 Å². The van der Waals surface area contributed by atoms with Crippen molar-refractivity contribution in [1.29, 1.82) is 0 Å². The summed E-state index contributed by atoms with van der Waals surface area (Å²) in [5.41, 5.74) is 2.35. The minimum Gasteiger partial charge on any atom is -0.376 e. The van der Waals surface area contributed by atoms with E-state index in [1.807, 2.05) is 12.1 Å². The highest BCUT2D eigenvalue weighted by molar-refractivity contribution is 6.33. The van der Waals surface area contributed by atoms with Crippen LogP contribution in [-0.2, 0) is 11.3 Å². The zero-order valence-corrected chi connectivity index (χ0v) is 16.9. The van der Waals surface area contributed by atoms with Crippen LogP contribution in [0.4, 0.5) is 11.5 Å². The van der Waals surface area contributed by atoms with E-state index in [9.17, 15) is 4.79 Å². The average Bonchev–Trinajstić information content (AvgIpc) is 3.22. The Hall–Kier alpha value is -2.02. The van der Waals surface area contributed by atoms with Gasteiger partial charge in [0.05, 0.1) is 17.4 Å². The van der Waals surface area contributed by atoms with E-state index < -0.39 is 0 Å². The van der Waals surface area contributed by atoms with Crippen molar-refractivity contribution in [3.8, 4) is 0 Å². The molecule has 1 saturated heterocycles. The van der Waals surface area contributed by atoms with Crippen LogP contribution in [0.3, 0.4) is 0 Å². The van der Waals surface area contributed by atoms with Gasteiger partial charge in [0, 0.05) is 49.0 Å². The molecule has 2 aliphatic rings. The SMILES string of the molecule is O=C(NCC1CCCO1)c1cnc2c(c1)N(Cc1cc(Cl)ccc1Cl)CCN2. The fourth-order valence-corrected chi connectivity index (χ4v) is 3.90. The number of halogens is 2. The monoisotopic (exact) mass is 420 g/mol. The first-order valence-electron chi connectivity index (χ1n) is 9.43.